The maximum absolute atomic E-state index is 14.1. The first-order valence-electron chi connectivity index (χ1n) is 8.43. The standard InChI is InChI=1S/C18H14FN5O3S2/c1-8-3-4-9(10(19)5-8)11-7-28-17(20-11)21-13(25)6-12-14-15(23-29-12)22-18(27)24(2)16(14)26/h3-5,7H,6H2,1-2H3,(H,20,21,25)(H,22,23,27). The van der Waals surface area contributed by atoms with Crippen LogP contribution in [0.3, 0.4) is 0 Å². The van der Waals surface area contributed by atoms with Crippen LogP contribution in [0.2, 0.25) is 0 Å². The Morgan fingerprint density at radius 3 is 2.90 bits per heavy atom. The molecule has 2 N–H and O–H groups in total. The van der Waals surface area contributed by atoms with Gasteiger partial charge >= 0.3 is 5.69 Å². The fourth-order valence-corrected chi connectivity index (χ4v) is 4.32. The number of amides is 1. The first-order chi connectivity index (χ1) is 13.8. The van der Waals surface area contributed by atoms with E-state index >= 15 is 0 Å². The molecule has 8 nitrogen and oxygen atoms in total. The van der Waals surface area contributed by atoms with E-state index in [2.05, 4.69) is 19.7 Å². The lowest BCUT2D eigenvalue weighted by Crippen LogP contribution is -2.32. The Hall–Kier alpha value is -3.18. The summed E-state index contributed by atoms with van der Waals surface area (Å²) in [5, 5.41) is 4.85. The lowest BCUT2D eigenvalue weighted by Gasteiger charge is -2.02. The van der Waals surface area contributed by atoms with E-state index < -0.39 is 17.2 Å². The number of H-pyrrole nitrogens is 1. The van der Waals surface area contributed by atoms with Gasteiger partial charge < -0.3 is 5.32 Å². The van der Waals surface area contributed by atoms with Crippen LogP contribution in [-0.2, 0) is 18.3 Å². The largest absolute Gasteiger partial charge is 0.329 e. The van der Waals surface area contributed by atoms with Crippen LogP contribution in [-0.4, -0.2) is 24.8 Å². The number of aromatic nitrogens is 4. The molecule has 1 aromatic carbocycles. The molecule has 0 aliphatic rings. The minimum absolute atomic E-state index is 0.101. The summed E-state index contributed by atoms with van der Waals surface area (Å²) in [6.45, 7) is 1.80. The first kappa shape index (κ1) is 19.2. The molecule has 0 saturated carbocycles. The van der Waals surface area contributed by atoms with Gasteiger partial charge in [-0.1, -0.05) is 6.07 Å². The van der Waals surface area contributed by atoms with Crippen molar-refractivity contribution in [3.63, 3.8) is 0 Å². The zero-order chi connectivity index (χ0) is 20.7. The molecule has 0 unspecified atom stereocenters. The van der Waals surface area contributed by atoms with Gasteiger partial charge in [-0.05, 0) is 36.2 Å². The molecule has 0 aliphatic carbocycles. The van der Waals surface area contributed by atoms with E-state index in [1.807, 2.05) is 0 Å². The number of anilines is 1. The lowest BCUT2D eigenvalue weighted by atomic mass is 10.1. The topological polar surface area (TPSA) is 110 Å². The highest BCUT2D eigenvalue weighted by Gasteiger charge is 2.17. The predicted octanol–water partition coefficient (Wildman–Crippen LogP) is 2.44. The number of halogens is 1. The van der Waals surface area contributed by atoms with Crippen molar-refractivity contribution in [1.82, 2.24) is 18.9 Å². The van der Waals surface area contributed by atoms with Gasteiger partial charge in [0, 0.05) is 22.9 Å². The second-order valence-corrected chi connectivity index (χ2v) is 8.09. The molecule has 0 saturated heterocycles. The fourth-order valence-electron chi connectivity index (χ4n) is 2.79. The number of hydrogen-bond donors (Lipinski definition) is 2. The Morgan fingerprint density at radius 1 is 1.34 bits per heavy atom. The maximum atomic E-state index is 14.1. The Balaban J connectivity index is 1.55. The number of aromatic amines is 1. The summed E-state index contributed by atoms with van der Waals surface area (Å²) >= 11 is 2.15. The third-order valence-electron chi connectivity index (χ3n) is 4.28. The fraction of sp³-hybridized carbons (Fsp3) is 0.167. The van der Waals surface area contributed by atoms with Crippen molar-refractivity contribution >= 4 is 44.9 Å². The maximum Gasteiger partial charge on any atom is 0.329 e. The Bertz CT molecular complexity index is 1370. The third kappa shape index (κ3) is 3.61. The van der Waals surface area contributed by atoms with Crippen LogP contribution in [0.15, 0.2) is 33.2 Å². The van der Waals surface area contributed by atoms with Crippen LogP contribution in [0.25, 0.3) is 22.3 Å². The van der Waals surface area contributed by atoms with Gasteiger partial charge in [0.2, 0.25) is 5.91 Å². The normalized spacial score (nSPS) is 11.1. The second-order valence-electron chi connectivity index (χ2n) is 6.37. The number of hydrogen-bond acceptors (Lipinski definition) is 7. The molecule has 11 heteroatoms. The molecular formula is C18H14FN5O3S2. The smallest absolute Gasteiger partial charge is 0.302 e. The molecule has 1 amide bonds. The number of rotatable bonds is 4. The van der Waals surface area contributed by atoms with Crippen molar-refractivity contribution in [2.45, 2.75) is 13.3 Å². The van der Waals surface area contributed by atoms with E-state index in [1.54, 1.807) is 24.4 Å². The van der Waals surface area contributed by atoms with Gasteiger partial charge in [0.25, 0.3) is 5.56 Å². The van der Waals surface area contributed by atoms with E-state index in [1.165, 1.54) is 24.5 Å². The average Bonchev–Trinajstić information content (AvgIpc) is 3.27. The second kappa shape index (κ2) is 7.33. The number of carbonyl (C=O) groups excluding carboxylic acids is 1. The molecule has 4 aromatic rings. The van der Waals surface area contributed by atoms with Crippen molar-refractivity contribution in [1.29, 1.82) is 0 Å². The van der Waals surface area contributed by atoms with Gasteiger partial charge in [-0.3, -0.25) is 19.1 Å². The Morgan fingerprint density at radius 2 is 2.14 bits per heavy atom. The van der Waals surface area contributed by atoms with Crippen molar-refractivity contribution < 1.29 is 9.18 Å². The molecule has 4 rings (SSSR count). The summed E-state index contributed by atoms with van der Waals surface area (Å²) in [7, 11) is 1.35. The van der Waals surface area contributed by atoms with Crippen LogP contribution in [0.1, 0.15) is 10.4 Å². The molecule has 29 heavy (non-hydrogen) atoms. The van der Waals surface area contributed by atoms with E-state index in [0.29, 0.717) is 21.3 Å². The summed E-state index contributed by atoms with van der Waals surface area (Å²) in [5.41, 5.74) is 0.677. The zero-order valence-corrected chi connectivity index (χ0v) is 16.9. The molecule has 0 atom stereocenters. The minimum Gasteiger partial charge on any atom is -0.302 e. The van der Waals surface area contributed by atoms with Gasteiger partial charge in [0.1, 0.15) is 5.82 Å². The predicted molar refractivity (Wildman–Crippen MR) is 110 cm³/mol. The minimum atomic E-state index is -0.567. The zero-order valence-electron chi connectivity index (χ0n) is 15.3. The third-order valence-corrected chi connectivity index (χ3v) is 5.88. The number of benzene rings is 1. The number of thiazole rings is 1. The molecule has 3 heterocycles. The number of nitrogens with one attached hydrogen (secondary N) is 2. The number of aryl methyl sites for hydroxylation is 1. The molecule has 3 aromatic heterocycles. The van der Waals surface area contributed by atoms with E-state index in [0.717, 1.165) is 21.7 Å². The highest BCUT2D eigenvalue weighted by atomic mass is 32.1. The van der Waals surface area contributed by atoms with Crippen molar-refractivity contribution in [2.24, 2.45) is 7.05 Å². The summed E-state index contributed by atoms with van der Waals surface area (Å²) < 4.78 is 19.1. The molecule has 0 bridgehead atoms. The average molecular weight is 431 g/mol. The highest BCUT2D eigenvalue weighted by Crippen LogP contribution is 2.28. The Kier molecular flexibility index (Phi) is 4.84. The SMILES string of the molecule is Cc1ccc(-c2csc(NC(=O)Cc3snc4[nH]c(=O)n(C)c(=O)c34)n2)c(F)c1. The number of nitrogens with zero attached hydrogens (tertiary/aromatic N) is 3. The molecule has 0 fully saturated rings. The quantitative estimate of drug-likeness (QED) is 0.516. The van der Waals surface area contributed by atoms with Crippen LogP contribution in [0.5, 0.6) is 0 Å². The summed E-state index contributed by atoms with van der Waals surface area (Å²) in [5.74, 6) is -0.775. The molecular weight excluding hydrogens is 417 g/mol. The highest BCUT2D eigenvalue weighted by molar-refractivity contribution is 7.14. The van der Waals surface area contributed by atoms with Gasteiger partial charge in [0.15, 0.2) is 10.8 Å². The summed E-state index contributed by atoms with van der Waals surface area (Å²) in [6, 6.07) is 4.85. The van der Waals surface area contributed by atoms with Crippen molar-refractivity contribution in [2.75, 3.05) is 5.32 Å². The van der Waals surface area contributed by atoms with Crippen LogP contribution >= 0.6 is 22.9 Å². The van der Waals surface area contributed by atoms with Gasteiger partial charge in [0.05, 0.1) is 17.5 Å². The Labute approximate surface area is 170 Å². The van der Waals surface area contributed by atoms with Crippen molar-refractivity contribution in [3.8, 4) is 11.3 Å². The monoisotopic (exact) mass is 431 g/mol. The van der Waals surface area contributed by atoms with Crippen molar-refractivity contribution in [3.05, 3.63) is 60.7 Å². The summed E-state index contributed by atoms with van der Waals surface area (Å²) in [4.78, 5) is 43.6. The first-order valence-corrected chi connectivity index (χ1v) is 10.1. The van der Waals surface area contributed by atoms with Gasteiger partial charge in [-0.25, -0.2) is 14.2 Å². The molecule has 0 spiro atoms. The number of fused-ring (bicyclic) bond motifs is 1. The van der Waals surface area contributed by atoms with Gasteiger partial charge in [-0.15, -0.1) is 11.3 Å². The van der Waals surface area contributed by atoms with Crippen LogP contribution < -0.4 is 16.6 Å². The lowest BCUT2D eigenvalue weighted by molar-refractivity contribution is -0.115. The van der Waals surface area contributed by atoms with Crippen LogP contribution in [0.4, 0.5) is 9.52 Å². The number of carbonyl (C=O) groups is 1. The van der Waals surface area contributed by atoms with E-state index in [4.69, 9.17) is 0 Å². The van der Waals surface area contributed by atoms with E-state index in [-0.39, 0.29) is 23.3 Å². The molecule has 0 radical (unpaired) electrons. The van der Waals surface area contributed by atoms with E-state index in [9.17, 15) is 18.8 Å². The van der Waals surface area contributed by atoms with Gasteiger partial charge in [-0.2, -0.15) is 4.37 Å². The molecule has 148 valence electrons. The van der Waals surface area contributed by atoms with Crippen LogP contribution in [0, 0.1) is 12.7 Å². The summed E-state index contributed by atoms with van der Waals surface area (Å²) in [6.07, 6.45) is -0.101. The molecule has 0 aliphatic heterocycles.